The van der Waals surface area contributed by atoms with E-state index in [1.54, 1.807) is 43.3 Å². The lowest BCUT2D eigenvalue weighted by Crippen LogP contribution is -2.30. The summed E-state index contributed by atoms with van der Waals surface area (Å²) in [6.07, 6.45) is 12.0. The standard InChI is InChI=1S/C36H49NO6/c1-5-7-9-11-13-15-33(38)42-30-21-17-28(18-22-30)26(3)25-32-27(4)35(40)37(36(32)41)29-19-23-31(24-20-29)43-34(39)16-14-12-10-8-6-2/h17-24,26-27,32H,5-16,25H2,1-4H3. The molecule has 1 heterocycles. The summed E-state index contributed by atoms with van der Waals surface area (Å²) in [5.41, 5.74) is 1.50. The number of esters is 2. The number of ether oxygens (including phenoxy) is 2. The second kappa shape index (κ2) is 17.6. The van der Waals surface area contributed by atoms with Crippen molar-refractivity contribution in [3.63, 3.8) is 0 Å². The highest BCUT2D eigenvalue weighted by atomic mass is 16.5. The van der Waals surface area contributed by atoms with E-state index in [-0.39, 0.29) is 29.7 Å². The fourth-order valence-electron chi connectivity index (χ4n) is 5.58. The zero-order chi connectivity index (χ0) is 31.2. The molecule has 0 N–H and O–H groups in total. The van der Waals surface area contributed by atoms with Gasteiger partial charge in [0, 0.05) is 18.8 Å². The van der Waals surface area contributed by atoms with Crippen LogP contribution in [0.15, 0.2) is 48.5 Å². The van der Waals surface area contributed by atoms with Crippen molar-refractivity contribution >= 4 is 29.4 Å². The molecule has 0 radical (unpaired) electrons. The molecule has 43 heavy (non-hydrogen) atoms. The van der Waals surface area contributed by atoms with Crippen LogP contribution in [0, 0.1) is 11.8 Å². The molecular weight excluding hydrogens is 542 g/mol. The summed E-state index contributed by atoms with van der Waals surface area (Å²) >= 11 is 0. The molecule has 3 atom stereocenters. The van der Waals surface area contributed by atoms with Gasteiger partial charge >= 0.3 is 11.9 Å². The molecular formula is C36H49NO6. The number of hydrogen-bond acceptors (Lipinski definition) is 6. The van der Waals surface area contributed by atoms with Gasteiger partial charge in [-0.15, -0.1) is 0 Å². The summed E-state index contributed by atoms with van der Waals surface area (Å²) in [6, 6.07) is 14.0. The molecule has 2 aromatic rings. The zero-order valence-corrected chi connectivity index (χ0v) is 26.4. The first kappa shape index (κ1) is 34.0. The molecule has 1 aliphatic heterocycles. The molecule has 0 saturated carbocycles. The molecule has 0 bridgehead atoms. The van der Waals surface area contributed by atoms with Gasteiger partial charge < -0.3 is 9.47 Å². The van der Waals surface area contributed by atoms with Crippen LogP contribution in [0.1, 0.15) is 123 Å². The van der Waals surface area contributed by atoms with E-state index in [0.29, 0.717) is 36.4 Å². The molecule has 234 valence electrons. The minimum atomic E-state index is -0.447. The van der Waals surface area contributed by atoms with Crippen molar-refractivity contribution < 1.29 is 28.7 Å². The minimum Gasteiger partial charge on any atom is -0.427 e. The summed E-state index contributed by atoms with van der Waals surface area (Å²) in [4.78, 5) is 52.2. The third-order valence-corrected chi connectivity index (χ3v) is 8.33. The molecule has 3 rings (SSSR count). The lowest BCUT2D eigenvalue weighted by atomic mass is 9.85. The second-order valence-corrected chi connectivity index (χ2v) is 11.9. The van der Waals surface area contributed by atoms with Gasteiger partial charge in [-0.2, -0.15) is 0 Å². The van der Waals surface area contributed by atoms with E-state index in [1.807, 2.05) is 19.1 Å². The smallest absolute Gasteiger partial charge is 0.311 e. The van der Waals surface area contributed by atoms with E-state index in [0.717, 1.165) is 50.5 Å². The molecule has 1 fully saturated rings. The molecule has 1 saturated heterocycles. The summed E-state index contributed by atoms with van der Waals surface area (Å²) in [7, 11) is 0. The number of imide groups is 1. The first-order chi connectivity index (χ1) is 20.7. The van der Waals surface area contributed by atoms with Gasteiger partial charge in [0.25, 0.3) is 0 Å². The second-order valence-electron chi connectivity index (χ2n) is 11.9. The van der Waals surface area contributed by atoms with Crippen LogP contribution in [0.4, 0.5) is 5.69 Å². The van der Waals surface area contributed by atoms with Gasteiger partial charge in [-0.3, -0.25) is 24.1 Å². The van der Waals surface area contributed by atoms with Gasteiger partial charge in [0.15, 0.2) is 0 Å². The van der Waals surface area contributed by atoms with Crippen LogP contribution in [0.2, 0.25) is 0 Å². The Morgan fingerprint density at radius 1 is 0.698 bits per heavy atom. The Balaban J connectivity index is 1.51. The lowest BCUT2D eigenvalue weighted by molar-refractivity contribution is -0.135. The van der Waals surface area contributed by atoms with Crippen LogP contribution in [0.3, 0.4) is 0 Å². The van der Waals surface area contributed by atoms with E-state index in [9.17, 15) is 19.2 Å². The number of carbonyl (C=O) groups is 4. The Bertz CT molecular complexity index is 1190. The molecule has 0 aliphatic carbocycles. The van der Waals surface area contributed by atoms with Gasteiger partial charge in [-0.1, -0.05) is 91.2 Å². The maximum atomic E-state index is 13.4. The maximum absolute atomic E-state index is 13.4. The molecule has 2 aromatic carbocycles. The van der Waals surface area contributed by atoms with Crippen molar-refractivity contribution in [3.05, 3.63) is 54.1 Å². The van der Waals surface area contributed by atoms with E-state index in [4.69, 9.17) is 9.47 Å². The fraction of sp³-hybridized carbons (Fsp3) is 0.556. The third kappa shape index (κ3) is 10.3. The number of carbonyl (C=O) groups excluding carboxylic acids is 4. The fourth-order valence-corrected chi connectivity index (χ4v) is 5.58. The maximum Gasteiger partial charge on any atom is 0.311 e. The van der Waals surface area contributed by atoms with Crippen LogP contribution in [-0.4, -0.2) is 23.8 Å². The van der Waals surface area contributed by atoms with Crippen LogP contribution in [0.5, 0.6) is 11.5 Å². The first-order valence-corrected chi connectivity index (χ1v) is 16.2. The van der Waals surface area contributed by atoms with Crippen LogP contribution in [0.25, 0.3) is 0 Å². The van der Waals surface area contributed by atoms with Gasteiger partial charge in [0.2, 0.25) is 11.8 Å². The molecule has 1 aliphatic rings. The van der Waals surface area contributed by atoms with Crippen LogP contribution in [-0.2, 0) is 19.2 Å². The first-order valence-electron chi connectivity index (χ1n) is 16.2. The molecule has 0 spiro atoms. The topological polar surface area (TPSA) is 90.0 Å². The molecule has 7 heteroatoms. The van der Waals surface area contributed by atoms with Crippen molar-refractivity contribution in [2.45, 2.75) is 117 Å². The normalized spacial score (nSPS) is 17.3. The van der Waals surface area contributed by atoms with Crippen molar-refractivity contribution in [3.8, 4) is 11.5 Å². The van der Waals surface area contributed by atoms with Gasteiger partial charge in [-0.05, 0) is 67.1 Å². The zero-order valence-electron chi connectivity index (χ0n) is 26.4. The number of anilines is 1. The summed E-state index contributed by atoms with van der Waals surface area (Å²) in [5, 5.41) is 0. The Labute approximate surface area is 257 Å². The molecule has 7 nitrogen and oxygen atoms in total. The van der Waals surface area contributed by atoms with Crippen molar-refractivity contribution in [2.75, 3.05) is 4.90 Å². The Hall–Kier alpha value is -3.48. The predicted molar refractivity (Wildman–Crippen MR) is 169 cm³/mol. The summed E-state index contributed by atoms with van der Waals surface area (Å²) < 4.78 is 10.9. The third-order valence-electron chi connectivity index (χ3n) is 8.33. The number of nitrogens with zero attached hydrogens (tertiary/aromatic N) is 1. The number of rotatable bonds is 18. The molecule has 0 aromatic heterocycles. The quantitative estimate of drug-likeness (QED) is 0.0747. The molecule has 3 unspecified atom stereocenters. The number of unbranched alkanes of at least 4 members (excludes halogenated alkanes) is 8. The Morgan fingerprint density at radius 3 is 1.65 bits per heavy atom. The predicted octanol–water partition coefficient (Wildman–Crippen LogP) is 8.54. The largest absolute Gasteiger partial charge is 0.427 e. The van der Waals surface area contributed by atoms with Gasteiger partial charge in [-0.25, -0.2) is 0 Å². The van der Waals surface area contributed by atoms with Gasteiger partial charge in [0.05, 0.1) is 11.6 Å². The monoisotopic (exact) mass is 591 g/mol. The van der Waals surface area contributed by atoms with Crippen LogP contribution < -0.4 is 14.4 Å². The number of benzene rings is 2. The van der Waals surface area contributed by atoms with Crippen LogP contribution >= 0.6 is 0 Å². The highest BCUT2D eigenvalue weighted by molar-refractivity contribution is 6.21. The molecule has 2 amide bonds. The highest BCUT2D eigenvalue weighted by Gasteiger charge is 2.46. The average molecular weight is 592 g/mol. The average Bonchev–Trinajstić information content (AvgIpc) is 3.20. The van der Waals surface area contributed by atoms with E-state index >= 15 is 0 Å². The van der Waals surface area contributed by atoms with Crippen molar-refractivity contribution in [1.29, 1.82) is 0 Å². The SMILES string of the molecule is CCCCCCCC(=O)Oc1ccc(C(C)CC2C(=O)N(c3ccc(OC(=O)CCCCCCC)cc3)C(=O)C2C)cc1. The number of hydrogen-bond donors (Lipinski definition) is 0. The Morgan fingerprint density at radius 2 is 1.16 bits per heavy atom. The lowest BCUT2D eigenvalue weighted by Gasteiger charge is -2.19. The van der Waals surface area contributed by atoms with Gasteiger partial charge in [0.1, 0.15) is 11.5 Å². The van der Waals surface area contributed by atoms with E-state index in [1.165, 1.54) is 24.2 Å². The minimum absolute atomic E-state index is 0.0243. The highest BCUT2D eigenvalue weighted by Crippen LogP contribution is 2.37. The number of amides is 2. The van der Waals surface area contributed by atoms with E-state index < -0.39 is 11.8 Å². The summed E-state index contributed by atoms with van der Waals surface area (Å²) in [6.45, 7) is 8.16. The van der Waals surface area contributed by atoms with E-state index in [2.05, 4.69) is 13.8 Å². The van der Waals surface area contributed by atoms with Crippen molar-refractivity contribution in [2.24, 2.45) is 11.8 Å². The Kier molecular flexibility index (Phi) is 13.9. The van der Waals surface area contributed by atoms with Crippen molar-refractivity contribution in [1.82, 2.24) is 0 Å². The summed E-state index contributed by atoms with van der Waals surface area (Å²) in [5.74, 6) is -0.883.